The van der Waals surface area contributed by atoms with Crippen LogP contribution in [0.25, 0.3) is 0 Å². The Morgan fingerprint density at radius 2 is 2.00 bits per heavy atom. The third kappa shape index (κ3) is 4.22. The highest BCUT2D eigenvalue weighted by Crippen LogP contribution is 2.43. The highest BCUT2D eigenvalue weighted by atomic mass is 35.5. The first kappa shape index (κ1) is 17.0. The Bertz CT molecular complexity index is 416. The van der Waals surface area contributed by atoms with Gasteiger partial charge in [-0.05, 0) is 31.7 Å². The van der Waals surface area contributed by atoms with E-state index in [1.54, 1.807) is 0 Å². The van der Waals surface area contributed by atoms with Gasteiger partial charge in [0.2, 0.25) is 5.91 Å². The summed E-state index contributed by atoms with van der Waals surface area (Å²) in [5, 5.41) is 3.08. The van der Waals surface area contributed by atoms with Gasteiger partial charge in [0.1, 0.15) is 0 Å². The fourth-order valence-electron chi connectivity index (χ4n) is 2.68. The van der Waals surface area contributed by atoms with Crippen LogP contribution in [-0.2, 0) is 10.2 Å². The number of nitrogens with one attached hydrogen (secondary N) is 1. The topological polar surface area (TPSA) is 55.1 Å². The van der Waals surface area contributed by atoms with E-state index < -0.39 is 0 Å². The molecular formula is C16H25ClN2O. The summed E-state index contributed by atoms with van der Waals surface area (Å²) in [6.45, 7) is 2.69. The molecule has 4 heteroatoms. The standard InChI is InChI=1S/C16H24N2O.ClH/c1-13(17)8-9-15(19)18-12-16(10-5-11-16)14-6-3-2-4-7-14;/h2-4,6-7,13H,5,8-12,17H2,1H3,(H,18,19);1H. The molecule has 1 aliphatic rings. The fourth-order valence-corrected chi connectivity index (χ4v) is 2.68. The zero-order chi connectivity index (χ0) is 13.7. The summed E-state index contributed by atoms with van der Waals surface area (Å²) in [7, 11) is 0. The molecule has 1 aromatic carbocycles. The minimum absolute atomic E-state index is 0. The molecular weight excluding hydrogens is 272 g/mol. The lowest BCUT2D eigenvalue weighted by Gasteiger charge is -2.42. The zero-order valence-electron chi connectivity index (χ0n) is 12.1. The molecule has 0 radical (unpaired) electrons. The van der Waals surface area contributed by atoms with Gasteiger partial charge in [0.15, 0.2) is 0 Å². The quantitative estimate of drug-likeness (QED) is 0.848. The van der Waals surface area contributed by atoms with Gasteiger partial charge < -0.3 is 11.1 Å². The van der Waals surface area contributed by atoms with E-state index in [4.69, 9.17) is 5.73 Å². The van der Waals surface area contributed by atoms with Gasteiger partial charge in [-0.25, -0.2) is 0 Å². The highest BCUT2D eigenvalue weighted by Gasteiger charge is 2.38. The van der Waals surface area contributed by atoms with Crippen LogP contribution in [0.2, 0.25) is 0 Å². The molecule has 0 aliphatic heterocycles. The molecule has 20 heavy (non-hydrogen) atoms. The third-order valence-electron chi connectivity index (χ3n) is 4.15. The Kier molecular flexibility index (Phi) is 6.50. The summed E-state index contributed by atoms with van der Waals surface area (Å²) in [6.07, 6.45) is 4.88. The zero-order valence-corrected chi connectivity index (χ0v) is 12.9. The molecule has 112 valence electrons. The molecule has 0 spiro atoms. The van der Waals surface area contributed by atoms with Crippen molar-refractivity contribution < 1.29 is 4.79 Å². The van der Waals surface area contributed by atoms with Crippen molar-refractivity contribution in [3.63, 3.8) is 0 Å². The van der Waals surface area contributed by atoms with Crippen molar-refractivity contribution in [3.8, 4) is 0 Å². The van der Waals surface area contributed by atoms with E-state index in [0.717, 1.165) is 13.0 Å². The molecule has 3 N–H and O–H groups in total. The number of carbonyl (C=O) groups excluding carboxylic acids is 1. The summed E-state index contributed by atoms with van der Waals surface area (Å²) < 4.78 is 0. The fraction of sp³-hybridized carbons (Fsp3) is 0.562. The second kappa shape index (κ2) is 7.65. The van der Waals surface area contributed by atoms with Gasteiger partial charge in [-0.15, -0.1) is 12.4 Å². The Labute approximate surface area is 127 Å². The van der Waals surface area contributed by atoms with Gasteiger partial charge in [-0.2, -0.15) is 0 Å². The SMILES string of the molecule is CC(N)CCC(=O)NCC1(c2ccccc2)CCC1.Cl. The highest BCUT2D eigenvalue weighted by molar-refractivity contribution is 5.85. The Hall–Kier alpha value is -1.06. The van der Waals surface area contributed by atoms with Crippen LogP contribution >= 0.6 is 12.4 Å². The smallest absolute Gasteiger partial charge is 0.220 e. The monoisotopic (exact) mass is 296 g/mol. The number of rotatable bonds is 6. The van der Waals surface area contributed by atoms with E-state index in [2.05, 4.69) is 29.6 Å². The minimum atomic E-state index is 0. The summed E-state index contributed by atoms with van der Waals surface area (Å²) in [6, 6.07) is 10.6. The summed E-state index contributed by atoms with van der Waals surface area (Å²) in [4.78, 5) is 11.8. The van der Waals surface area contributed by atoms with Crippen molar-refractivity contribution in [1.29, 1.82) is 0 Å². The maximum absolute atomic E-state index is 11.8. The van der Waals surface area contributed by atoms with Crippen LogP contribution in [0.3, 0.4) is 0 Å². The van der Waals surface area contributed by atoms with Crippen molar-refractivity contribution in [1.82, 2.24) is 5.32 Å². The van der Waals surface area contributed by atoms with E-state index in [1.807, 2.05) is 13.0 Å². The van der Waals surface area contributed by atoms with Crippen molar-refractivity contribution in [2.24, 2.45) is 5.73 Å². The first-order valence-electron chi connectivity index (χ1n) is 7.20. The van der Waals surface area contributed by atoms with Crippen LogP contribution < -0.4 is 11.1 Å². The lowest BCUT2D eigenvalue weighted by molar-refractivity contribution is -0.121. The van der Waals surface area contributed by atoms with E-state index in [-0.39, 0.29) is 29.8 Å². The van der Waals surface area contributed by atoms with E-state index in [1.165, 1.54) is 24.8 Å². The molecule has 1 aliphatic carbocycles. The molecule has 1 amide bonds. The number of amides is 1. The number of hydrogen-bond donors (Lipinski definition) is 2. The van der Waals surface area contributed by atoms with Crippen LogP contribution in [0.4, 0.5) is 0 Å². The molecule has 2 rings (SSSR count). The molecule has 0 bridgehead atoms. The van der Waals surface area contributed by atoms with Gasteiger partial charge in [0.25, 0.3) is 0 Å². The molecule has 1 aromatic rings. The molecule has 1 saturated carbocycles. The van der Waals surface area contributed by atoms with Gasteiger partial charge in [0.05, 0.1) is 0 Å². The lowest BCUT2D eigenvalue weighted by Crippen LogP contribution is -2.45. The van der Waals surface area contributed by atoms with E-state index in [9.17, 15) is 4.79 Å². The number of carbonyl (C=O) groups is 1. The largest absolute Gasteiger partial charge is 0.355 e. The molecule has 0 aromatic heterocycles. The number of hydrogen-bond acceptors (Lipinski definition) is 2. The first-order chi connectivity index (χ1) is 9.12. The third-order valence-corrected chi connectivity index (χ3v) is 4.15. The second-order valence-electron chi connectivity index (χ2n) is 5.79. The van der Waals surface area contributed by atoms with Crippen molar-refractivity contribution in [2.75, 3.05) is 6.54 Å². The molecule has 1 atom stereocenters. The summed E-state index contributed by atoms with van der Waals surface area (Å²) >= 11 is 0. The predicted octanol–water partition coefficient (Wildman–Crippen LogP) is 2.77. The predicted molar refractivity (Wildman–Crippen MR) is 85.1 cm³/mol. The van der Waals surface area contributed by atoms with E-state index in [0.29, 0.717) is 6.42 Å². The molecule has 3 nitrogen and oxygen atoms in total. The Morgan fingerprint density at radius 1 is 1.35 bits per heavy atom. The van der Waals surface area contributed by atoms with Crippen LogP contribution in [0.1, 0.15) is 44.6 Å². The maximum Gasteiger partial charge on any atom is 0.220 e. The average Bonchev–Trinajstić information content (AvgIpc) is 2.36. The van der Waals surface area contributed by atoms with E-state index >= 15 is 0 Å². The van der Waals surface area contributed by atoms with Crippen LogP contribution in [0.15, 0.2) is 30.3 Å². The number of halogens is 1. The second-order valence-corrected chi connectivity index (χ2v) is 5.79. The maximum atomic E-state index is 11.8. The van der Waals surface area contributed by atoms with Gasteiger partial charge in [-0.1, -0.05) is 36.8 Å². The summed E-state index contributed by atoms with van der Waals surface area (Å²) in [5.74, 6) is 0.125. The Morgan fingerprint density at radius 3 is 2.50 bits per heavy atom. The lowest BCUT2D eigenvalue weighted by atomic mass is 9.64. The van der Waals surface area contributed by atoms with Gasteiger partial charge in [0, 0.05) is 24.4 Å². The Balaban J connectivity index is 0.00000200. The normalized spacial score (nSPS) is 17.5. The molecule has 1 fully saturated rings. The van der Waals surface area contributed by atoms with Crippen molar-refractivity contribution >= 4 is 18.3 Å². The van der Waals surface area contributed by atoms with Crippen molar-refractivity contribution in [3.05, 3.63) is 35.9 Å². The molecule has 0 heterocycles. The average molecular weight is 297 g/mol. The number of nitrogens with two attached hydrogens (primary N) is 1. The summed E-state index contributed by atoms with van der Waals surface area (Å²) in [5.41, 5.74) is 7.20. The minimum Gasteiger partial charge on any atom is -0.355 e. The van der Waals surface area contributed by atoms with Gasteiger partial charge in [-0.3, -0.25) is 4.79 Å². The first-order valence-corrected chi connectivity index (χ1v) is 7.20. The van der Waals surface area contributed by atoms with Crippen LogP contribution in [0.5, 0.6) is 0 Å². The van der Waals surface area contributed by atoms with Crippen LogP contribution in [-0.4, -0.2) is 18.5 Å². The van der Waals surface area contributed by atoms with Gasteiger partial charge >= 0.3 is 0 Å². The van der Waals surface area contributed by atoms with Crippen LogP contribution in [0, 0.1) is 0 Å². The molecule has 0 saturated heterocycles. The molecule has 1 unspecified atom stereocenters. The van der Waals surface area contributed by atoms with Crippen molar-refractivity contribution in [2.45, 2.75) is 50.5 Å². The number of benzene rings is 1.